The molecular formula is C25H40N4O8. The van der Waals surface area contributed by atoms with Crippen LogP contribution >= 0.6 is 0 Å². The number of esters is 1. The lowest BCUT2D eigenvalue weighted by atomic mass is 10.1. The SMILES string of the molecule is CC(C)(C)OC(=O)NC(Cc1c[nH]c2ccccc12)C(=O)O.CC(N)C(=O)O.COC(=O)C(N)C(C)C. The lowest BCUT2D eigenvalue weighted by Crippen LogP contribution is -2.44. The fraction of sp³-hybridized carbons (Fsp3) is 0.520. The number of hydrogen-bond acceptors (Lipinski definition) is 8. The summed E-state index contributed by atoms with van der Waals surface area (Å²) in [4.78, 5) is 46.4. The van der Waals surface area contributed by atoms with Gasteiger partial charge in [0.2, 0.25) is 0 Å². The quantitative estimate of drug-likeness (QED) is 0.291. The zero-order valence-electron chi connectivity index (χ0n) is 22.4. The number of alkyl carbamates (subject to hydrolysis) is 1. The van der Waals surface area contributed by atoms with Crippen molar-refractivity contribution in [1.82, 2.24) is 10.3 Å². The van der Waals surface area contributed by atoms with Crippen molar-refractivity contribution in [2.45, 2.75) is 71.7 Å². The Hall–Kier alpha value is -3.64. The number of H-pyrrole nitrogens is 1. The van der Waals surface area contributed by atoms with Crippen LogP contribution in [0.25, 0.3) is 10.9 Å². The first-order valence-electron chi connectivity index (χ1n) is 11.6. The van der Waals surface area contributed by atoms with Crippen molar-refractivity contribution in [2.24, 2.45) is 17.4 Å². The van der Waals surface area contributed by atoms with Gasteiger partial charge in [-0.25, -0.2) is 9.59 Å². The Bertz CT molecular complexity index is 1030. The maximum atomic E-state index is 11.8. The Morgan fingerprint density at radius 1 is 1.03 bits per heavy atom. The van der Waals surface area contributed by atoms with Crippen LogP contribution in [0.15, 0.2) is 30.5 Å². The number of fused-ring (bicyclic) bond motifs is 1. The van der Waals surface area contributed by atoms with E-state index in [1.54, 1.807) is 27.0 Å². The number of aliphatic carboxylic acids is 2. The summed E-state index contributed by atoms with van der Waals surface area (Å²) in [7, 11) is 1.34. The number of benzene rings is 1. The van der Waals surface area contributed by atoms with Crippen LogP contribution in [0.1, 0.15) is 47.1 Å². The predicted octanol–water partition coefficient (Wildman–Crippen LogP) is 2.25. The van der Waals surface area contributed by atoms with Crippen LogP contribution in [0.2, 0.25) is 0 Å². The van der Waals surface area contributed by atoms with E-state index >= 15 is 0 Å². The number of rotatable bonds is 7. The largest absolute Gasteiger partial charge is 0.480 e. The highest BCUT2D eigenvalue weighted by molar-refractivity contribution is 5.85. The number of methoxy groups -OCH3 is 1. The fourth-order valence-corrected chi connectivity index (χ4v) is 2.58. The Morgan fingerprint density at radius 2 is 1.57 bits per heavy atom. The average Bonchev–Trinajstić information content (AvgIpc) is 3.19. The summed E-state index contributed by atoms with van der Waals surface area (Å²) in [5, 5.41) is 20.5. The maximum Gasteiger partial charge on any atom is 0.408 e. The zero-order chi connectivity index (χ0) is 28.9. The van der Waals surface area contributed by atoms with Gasteiger partial charge in [-0.2, -0.15) is 0 Å². The number of carboxylic acids is 2. The minimum Gasteiger partial charge on any atom is -0.480 e. The van der Waals surface area contributed by atoms with E-state index in [1.165, 1.54) is 14.0 Å². The number of amides is 1. The van der Waals surface area contributed by atoms with E-state index in [1.807, 2.05) is 38.1 Å². The molecule has 0 aliphatic carbocycles. The minimum absolute atomic E-state index is 0.150. The van der Waals surface area contributed by atoms with Crippen LogP contribution in [-0.4, -0.2) is 70.0 Å². The van der Waals surface area contributed by atoms with Crippen LogP contribution < -0.4 is 16.8 Å². The Kier molecular flexibility index (Phi) is 13.9. The molecule has 1 amide bonds. The van der Waals surface area contributed by atoms with Gasteiger partial charge < -0.3 is 41.5 Å². The van der Waals surface area contributed by atoms with Crippen LogP contribution in [-0.2, 0) is 30.3 Å². The number of nitrogens with one attached hydrogen (secondary N) is 2. The summed E-state index contributed by atoms with van der Waals surface area (Å²) < 4.78 is 9.51. The third-order valence-electron chi connectivity index (χ3n) is 4.67. The summed E-state index contributed by atoms with van der Waals surface area (Å²) in [6, 6.07) is 5.35. The number of nitrogens with two attached hydrogens (primary N) is 2. The molecule has 0 aliphatic heterocycles. The molecule has 0 saturated carbocycles. The molecule has 2 rings (SSSR count). The molecule has 1 aromatic heterocycles. The highest BCUT2D eigenvalue weighted by Crippen LogP contribution is 2.19. The molecule has 0 fully saturated rings. The molecular weight excluding hydrogens is 484 g/mol. The number of carbonyl (C=O) groups excluding carboxylic acids is 2. The summed E-state index contributed by atoms with van der Waals surface area (Å²) >= 11 is 0. The van der Waals surface area contributed by atoms with Crippen LogP contribution in [0.5, 0.6) is 0 Å². The molecule has 1 heterocycles. The Balaban J connectivity index is 0.000000713. The second-order valence-corrected chi connectivity index (χ2v) is 9.52. The molecule has 12 nitrogen and oxygen atoms in total. The second kappa shape index (κ2) is 15.5. The lowest BCUT2D eigenvalue weighted by molar-refractivity contribution is -0.143. The van der Waals surface area contributed by atoms with E-state index in [0.29, 0.717) is 0 Å². The van der Waals surface area contributed by atoms with Crippen molar-refractivity contribution in [3.63, 3.8) is 0 Å². The molecule has 8 N–H and O–H groups in total. The van der Waals surface area contributed by atoms with Gasteiger partial charge in [0.15, 0.2) is 0 Å². The molecule has 12 heteroatoms. The highest BCUT2D eigenvalue weighted by Gasteiger charge is 2.25. The van der Waals surface area contributed by atoms with Gasteiger partial charge in [-0.1, -0.05) is 32.0 Å². The predicted molar refractivity (Wildman–Crippen MR) is 139 cm³/mol. The third kappa shape index (κ3) is 13.3. The van der Waals surface area contributed by atoms with Gasteiger partial charge in [0.05, 0.1) is 7.11 Å². The summed E-state index contributed by atoms with van der Waals surface area (Å²) in [6.45, 7) is 10.3. The fourth-order valence-electron chi connectivity index (χ4n) is 2.58. The lowest BCUT2D eigenvalue weighted by Gasteiger charge is -2.21. The van der Waals surface area contributed by atoms with E-state index < -0.39 is 41.8 Å². The van der Waals surface area contributed by atoms with Crippen molar-refractivity contribution >= 4 is 34.9 Å². The Labute approximate surface area is 216 Å². The number of aromatic amines is 1. The average molecular weight is 525 g/mol. The summed E-state index contributed by atoms with van der Waals surface area (Å²) in [5.41, 5.74) is 11.3. The van der Waals surface area contributed by atoms with Gasteiger partial charge >= 0.3 is 24.0 Å². The number of aromatic nitrogens is 1. The summed E-state index contributed by atoms with van der Waals surface area (Å²) in [5.74, 6) is -2.26. The van der Waals surface area contributed by atoms with Crippen LogP contribution in [0.3, 0.4) is 0 Å². The zero-order valence-corrected chi connectivity index (χ0v) is 22.4. The number of para-hydroxylation sites is 1. The monoisotopic (exact) mass is 524 g/mol. The molecule has 0 bridgehead atoms. The summed E-state index contributed by atoms with van der Waals surface area (Å²) in [6.07, 6.45) is 1.20. The standard InChI is InChI=1S/C16H20N2O4.C6H13NO2.C3H7NO2/c1-16(2,3)22-15(21)18-13(14(19)20)8-10-9-17-12-7-5-4-6-11(10)12;1-4(2)5(7)6(8)9-3;1-2(4)3(5)6/h4-7,9,13,17H,8H2,1-3H3,(H,18,21)(H,19,20);4-5H,7H2,1-3H3;2H,4H2,1H3,(H,5,6). The first kappa shape index (κ1) is 33.4. The topological polar surface area (TPSA) is 207 Å². The first-order chi connectivity index (χ1) is 17.0. The molecule has 1 aromatic carbocycles. The molecule has 37 heavy (non-hydrogen) atoms. The molecule has 2 aromatic rings. The first-order valence-corrected chi connectivity index (χ1v) is 11.6. The molecule has 0 saturated heterocycles. The van der Waals surface area contributed by atoms with Crippen molar-refractivity contribution in [2.75, 3.05) is 7.11 Å². The van der Waals surface area contributed by atoms with E-state index in [-0.39, 0.29) is 18.3 Å². The van der Waals surface area contributed by atoms with Crippen LogP contribution in [0.4, 0.5) is 4.79 Å². The minimum atomic E-state index is -1.10. The number of ether oxygens (including phenoxy) is 2. The van der Waals surface area contributed by atoms with Gasteiger partial charge in [-0.3, -0.25) is 9.59 Å². The van der Waals surface area contributed by atoms with E-state index in [9.17, 15) is 24.3 Å². The van der Waals surface area contributed by atoms with Crippen molar-refractivity contribution in [1.29, 1.82) is 0 Å². The smallest absolute Gasteiger partial charge is 0.408 e. The van der Waals surface area contributed by atoms with Gasteiger partial charge in [0, 0.05) is 23.5 Å². The number of carbonyl (C=O) groups is 4. The van der Waals surface area contributed by atoms with Gasteiger partial charge in [-0.05, 0) is 45.2 Å². The van der Waals surface area contributed by atoms with E-state index in [4.69, 9.17) is 21.3 Å². The van der Waals surface area contributed by atoms with Crippen LogP contribution in [0, 0.1) is 5.92 Å². The third-order valence-corrected chi connectivity index (χ3v) is 4.67. The van der Waals surface area contributed by atoms with Crippen molar-refractivity contribution in [3.05, 3.63) is 36.0 Å². The van der Waals surface area contributed by atoms with Gasteiger partial charge in [0.25, 0.3) is 0 Å². The Morgan fingerprint density at radius 3 is 1.97 bits per heavy atom. The number of carboxylic acid groups (broad SMARTS) is 2. The highest BCUT2D eigenvalue weighted by atomic mass is 16.6. The van der Waals surface area contributed by atoms with E-state index in [0.717, 1.165) is 16.5 Å². The molecule has 0 spiro atoms. The maximum absolute atomic E-state index is 11.8. The van der Waals surface area contributed by atoms with Crippen molar-refractivity contribution < 1.29 is 38.9 Å². The molecule has 208 valence electrons. The van der Waals surface area contributed by atoms with E-state index in [2.05, 4.69) is 15.0 Å². The molecule has 0 radical (unpaired) electrons. The van der Waals surface area contributed by atoms with Gasteiger partial charge in [-0.15, -0.1) is 0 Å². The molecule has 3 unspecified atom stereocenters. The molecule has 0 aliphatic rings. The van der Waals surface area contributed by atoms with Crippen molar-refractivity contribution in [3.8, 4) is 0 Å². The normalized spacial score (nSPS) is 13.1. The van der Waals surface area contributed by atoms with Gasteiger partial charge in [0.1, 0.15) is 23.7 Å². The number of hydrogen-bond donors (Lipinski definition) is 6. The molecule has 3 atom stereocenters. The second-order valence-electron chi connectivity index (χ2n) is 9.52.